The van der Waals surface area contributed by atoms with Crippen LogP contribution in [0.2, 0.25) is 0 Å². The minimum absolute atomic E-state index is 0.00556. The monoisotopic (exact) mass is 200 g/mol. The highest BCUT2D eigenvalue weighted by atomic mass is 16.5. The van der Waals surface area contributed by atoms with E-state index in [9.17, 15) is 9.59 Å². The molecule has 1 N–H and O–H groups in total. The maximum Gasteiger partial charge on any atom is 0.333 e. The second-order valence-electron chi connectivity index (χ2n) is 3.02. The van der Waals surface area contributed by atoms with Crippen LogP contribution < -0.4 is 0 Å². The fraction of sp³-hybridized carbons (Fsp3) is 0.600. The zero-order valence-electron chi connectivity index (χ0n) is 8.41. The fourth-order valence-corrected chi connectivity index (χ4v) is 0.874. The summed E-state index contributed by atoms with van der Waals surface area (Å²) in [5, 5.41) is 8.37. The van der Waals surface area contributed by atoms with Crippen LogP contribution in [0.4, 0.5) is 0 Å². The number of carboxylic acid groups (broad SMARTS) is 1. The average Bonchev–Trinajstić information content (AvgIpc) is 2.11. The highest BCUT2D eigenvalue weighted by Gasteiger charge is 2.11. The van der Waals surface area contributed by atoms with Gasteiger partial charge in [0.05, 0.1) is 13.0 Å². The van der Waals surface area contributed by atoms with Crippen molar-refractivity contribution in [1.29, 1.82) is 0 Å². The summed E-state index contributed by atoms with van der Waals surface area (Å²) in [4.78, 5) is 21.3. The third kappa shape index (κ3) is 6.22. The maximum atomic E-state index is 11.1. The van der Waals surface area contributed by atoms with E-state index in [0.29, 0.717) is 6.61 Å². The van der Waals surface area contributed by atoms with Crippen LogP contribution in [0.3, 0.4) is 0 Å². The smallest absolute Gasteiger partial charge is 0.333 e. The van der Waals surface area contributed by atoms with Gasteiger partial charge in [0.15, 0.2) is 0 Å². The molecule has 0 rings (SSSR count). The average molecular weight is 200 g/mol. The van der Waals surface area contributed by atoms with Crippen LogP contribution in [0, 0.1) is 0 Å². The summed E-state index contributed by atoms with van der Waals surface area (Å²) in [6.07, 6.45) is 2.50. The molecule has 80 valence electrons. The SMILES string of the molecule is C=C(CC(=O)O)C(=O)OCCCCC. The highest BCUT2D eigenvalue weighted by molar-refractivity contribution is 5.92. The van der Waals surface area contributed by atoms with E-state index < -0.39 is 11.9 Å². The number of ether oxygens (including phenoxy) is 1. The molecule has 4 heteroatoms. The molecule has 0 bridgehead atoms. The lowest BCUT2D eigenvalue weighted by Gasteiger charge is -2.04. The van der Waals surface area contributed by atoms with Crippen LogP contribution in [-0.4, -0.2) is 23.7 Å². The Labute approximate surface area is 83.6 Å². The van der Waals surface area contributed by atoms with Gasteiger partial charge in [-0.15, -0.1) is 0 Å². The van der Waals surface area contributed by atoms with Gasteiger partial charge in [-0.25, -0.2) is 4.79 Å². The molecule has 0 amide bonds. The Hall–Kier alpha value is -1.32. The van der Waals surface area contributed by atoms with Crippen molar-refractivity contribution in [3.05, 3.63) is 12.2 Å². The van der Waals surface area contributed by atoms with Crippen LogP contribution >= 0.6 is 0 Å². The molecule has 0 saturated heterocycles. The number of hydrogen-bond donors (Lipinski definition) is 1. The molecule has 0 saturated carbocycles. The Balaban J connectivity index is 3.63. The molecule has 0 unspecified atom stereocenters. The molecule has 0 aliphatic carbocycles. The second kappa shape index (κ2) is 7.12. The predicted octanol–water partition coefficient (Wildman–Crippen LogP) is 1.75. The second-order valence-corrected chi connectivity index (χ2v) is 3.02. The van der Waals surface area contributed by atoms with Gasteiger partial charge >= 0.3 is 11.9 Å². The Morgan fingerprint density at radius 3 is 2.50 bits per heavy atom. The third-order valence-electron chi connectivity index (χ3n) is 1.63. The Morgan fingerprint density at radius 2 is 2.00 bits per heavy atom. The first-order valence-corrected chi connectivity index (χ1v) is 4.64. The number of carbonyl (C=O) groups excluding carboxylic acids is 1. The minimum Gasteiger partial charge on any atom is -0.481 e. The van der Waals surface area contributed by atoms with Gasteiger partial charge in [0, 0.05) is 5.57 Å². The van der Waals surface area contributed by atoms with Gasteiger partial charge in [-0.2, -0.15) is 0 Å². The van der Waals surface area contributed by atoms with Gasteiger partial charge in [-0.1, -0.05) is 26.3 Å². The van der Waals surface area contributed by atoms with Crippen molar-refractivity contribution in [2.75, 3.05) is 6.61 Å². The third-order valence-corrected chi connectivity index (χ3v) is 1.63. The van der Waals surface area contributed by atoms with E-state index in [1.807, 2.05) is 6.92 Å². The molecular weight excluding hydrogens is 184 g/mol. The number of aliphatic carboxylic acids is 1. The van der Waals surface area contributed by atoms with Crippen molar-refractivity contribution >= 4 is 11.9 Å². The molecule has 0 atom stereocenters. The van der Waals surface area contributed by atoms with Gasteiger partial charge in [0.1, 0.15) is 0 Å². The fourth-order valence-electron chi connectivity index (χ4n) is 0.874. The van der Waals surface area contributed by atoms with E-state index in [1.54, 1.807) is 0 Å². The van der Waals surface area contributed by atoms with Crippen LogP contribution in [0.25, 0.3) is 0 Å². The summed E-state index contributed by atoms with van der Waals surface area (Å²) < 4.78 is 4.80. The van der Waals surface area contributed by atoms with Gasteiger partial charge in [0.2, 0.25) is 0 Å². The number of unbranched alkanes of at least 4 members (excludes halogenated alkanes) is 2. The summed E-state index contributed by atoms with van der Waals surface area (Å²) in [6, 6.07) is 0. The molecule has 0 radical (unpaired) electrons. The van der Waals surface area contributed by atoms with Crippen molar-refractivity contribution in [1.82, 2.24) is 0 Å². The Bertz CT molecular complexity index is 220. The molecule has 0 spiro atoms. The number of rotatable bonds is 7. The first-order chi connectivity index (χ1) is 6.57. The largest absolute Gasteiger partial charge is 0.481 e. The van der Waals surface area contributed by atoms with Gasteiger partial charge in [-0.05, 0) is 6.42 Å². The van der Waals surface area contributed by atoms with E-state index in [2.05, 4.69) is 6.58 Å². The molecule has 0 aliphatic rings. The lowest BCUT2D eigenvalue weighted by molar-refractivity contribution is -0.142. The van der Waals surface area contributed by atoms with Crippen LogP contribution in [0.15, 0.2) is 12.2 Å². The molecule has 0 aromatic rings. The number of hydrogen-bond acceptors (Lipinski definition) is 3. The summed E-state index contributed by atoms with van der Waals surface area (Å²) >= 11 is 0. The normalized spacial score (nSPS) is 9.50. The topological polar surface area (TPSA) is 63.6 Å². The molecule has 0 aromatic carbocycles. The zero-order chi connectivity index (χ0) is 11.0. The van der Waals surface area contributed by atoms with E-state index in [-0.39, 0.29) is 12.0 Å². The molecule has 0 aromatic heterocycles. The van der Waals surface area contributed by atoms with E-state index in [4.69, 9.17) is 9.84 Å². The highest BCUT2D eigenvalue weighted by Crippen LogP contribution is 2.02. The molecule has 0 aliphatic heterocycles. The Morgan fingerprint density at radius 1 is 1.36 bits per heavy atom. The molecule has 0 fully saturated rings. The van der Waals surface area contributed by atoms with Crippen molar-refractivity contribution in [3.8, 4) is 0 Å². The number of carbonyl (C=O) groups is 2. The van der Waals surface area contributed by atoms with Crippen LogP contribution in [-0.2, 0) is 14.3 Å². The van der Waals surface area contributed by atoms with Gasteiger partial charge in [-0.3, -0.25) is 4.79 Å². The summed E-state index contributed by atoms with van der Waals surface area (Å²) in [5.41, 5.74) is -0.00556. The molecule has 14 heavy (non-hydrogen) atoms. The number of esters is 1. The summed E-state index contributed by atoms with van der Waals surface area (Å²) in [7, 11) is 0. The van der Waals surface area contributed by atoms with Crippen molar-refractivity contribution in [2.24, 2.45) is 0 Å². The van der Waals surface area contributed by atoms with E-state index in [1.165, 1.54) is 0 Å². The van der Waals surface area contributed by atoms with Gasteiger partial charge < -0.3 is 9.84 Å². The predicted molar refractivity (Wildman–Crippen MR) is 51.9 cm³/mol. The Kier molecular flexibility index (Phi) is 6.45. The lowest BCUT2D eigenvalue weighted by Crippen LogP contribution is -2.11. The van der Waals surface area contributed by atoms with Crippen molar-refractivity contribution in [3.63, 3.8) is 0 Å². The zero-order valence-corrected chi connectivity index (χ0v) is 8.41. The van der Waals surface area contributed by atoms with E-state index >= 15 is 0 Å². The minimum atomic E-state index is -1.07. The first-order valence-electron chi connectivity index (χ1n) is 4.64. The van der Waals surface area contributed by atoms with Crippen molar-refractivity contribution in [2.45, 2.75) is 32.6 Å². The standard InChI is InChI=1S/C10H16O4/c1-3-4-5-6-14-10(13)8(2)7-9(11)12/h2-7H2,1H3,(H,11,12). The molecule has 0 heterocycles. The van der Waals surface area contributed by atoms with Crippen molar-refractivity contribution < 1.29 is 19.4 Å². The van der Waals surface area contributed by atoms with Crippen LogP contribution in [0.5, 0.6) is 0 Å². The molecular formula is C10H16O4. The number of carboxylic acids is 1. The van der Waals surface area contributed by atoms with E-state index in [0.717, 1.165) is 19.3 Å². The quantitative estimate of drug-likeness (QED) is 0.386. The van der Waals surface area contributed by atoms with Gasteiger partial charge in [0.25, 0.3) is 0 Å². The molecule has 4 nitrogen and oxygen atoms in total. The lowest BCUT2D eigenvalue weighted by atomic mass is 10.2. The first kappa shape index (κ1) is 12.7. The van der Waals surface area contributed by atoms with Crippen LogP contribution in [0.1, 0.15) is 32.6 Å². The summed E-state index contributed by atoms with van der Waals surface area (Å²) in [5.74, 6) is -1.68. The maximum absolute atomic E-state index is 11.1. The summed E-state index contributed by atoms with van der Waals surface area (Å²) in [6.45, 7) is 5.72.